The summed E-state index contributed by atoms with van der Waals surface area (Å²) in [6.07, 6.45) is 4.88. The van der Waals surface area contributed by atoms with Crippen molar-refractivity contribution in [3.05, 3.63) is 46.0 Å². The fraction of sp³-hybridized carbons (Fsp3) is 0.450. The number of sulfone groups is 1. The number of fused-ring (bicyclic) bond motifs is 1. The van der Waals surface area contributed by atoms with Crippen LogP contribution in [0, 0.1) is 19.8 Å². The Morgan fingerprint density at radius 3 is 2.72 bits per heavy atom. The SMILES string of the molecule is Cc1nc2c(c(C)c1Cl)CN(C(=O)[C@@H]1CCN(c3cncc(S(C)(=O)=O)c3)C1)C2. The van der Waals surface area contributed by atoms with Gasteiger partial charge in [0.2, 0.25) is 5.91 Å². The van der Waals surface area contributed by atoms with E-state index in [0.29, 0.717) is 31.2 Å². The van der Waals surface area contributed by atoms with Crippen molar-refractivity contribution in [2.75, 3.05) is 24.2 Å². The topological polar surface area (TPSA) is 83.5 Å². The molecule has 0 spiro atoms. The van der Waals surface area contributed by atoms with Gasteiger partial charge in [-0.3, -0.25) is 14.8 Å². The van der Waals surface area contributed by atoms with Gasteiger partial charge < -0.3 is 9.80 Å². The molecule has 1 atom stereocenters. The zero-order valence-corrected chi connectivity index (χ0v) is 18.2. The Morgan fingerprint density at radius 1 is 1.24 bits per heavy atom. The number of aromatic nitrogens is 2. The van der Waals surface area contributed by atoms with Crippen LogP contribution in [0.1, 0.15) is 28.9 Å². The Hall–Kier alpha value is -2.19. The van der Waals surface area contributed by atoms with E-state index in [1.54, 1.807) is 12.3 Å². The molecule has 0 bridgehead atoms. The summed E-state index contributed by atoms with van der Waals surface area (Å²) in [5.41, 5.74) is 4.50. The minimum atomic E-state index is -3.32. The second-order valence-electron chi connectivity index (χ2n) is 7.84. The van der Waals surface area contributed by atoms with Crippen LogP contribution < -0.4 is 4.90 Å². The van der Waals surface area contributed by atoms with E-state index in [9.17, 15) is 13.2 Å². The van der Waals surface area contributed by atoms with Crippen LogP contribution in [0.4, 0.5) is 5.69 Å². The predicted molar refractivity (Wildman–Crippen MR) is 111 cm³/mol. The van der Waals surface area contributed by atoms with Crippen LogP contribution in [0.2, 0.25) is 5.02 Å². The first-order valence-electron chi connectivity index (χ1n) is 9.48. The van der Waals surface area contributed by atoms with Gasteiger partial charge in [-0.2, -0.15) is 0 Å². The van der Waals surface area contributed by atoms with Gasteiger partial charge >= 0.3 is 0 Å². The molecule has 4 rings (SSSR count). The fourth-order valence-electron chi connectivity index (χ4n) is 4.10. The Balaban J connectivity index is 1.48. The van der Waals surface area contributed by atoms with Gasteiger partial charge in [0, 0.05) is 32.1 Å². The van der Waals surface area contributed by atoms with E-state index < -0.39 is 9.84 Å². The molecule has 7 nitrogen and oxygen atoms in total. The normalized spacial score (nSPS) is 19.0. The molecular weight excluding hydrogens is 412 g/mol. The van der Waals surface area contributed by atoms with Gasteiger partial charge in [0.1, 0.15) is 0 Å². The fourth-order valence-corrected chi connectivity index (χ4v) is 4.84. The predicted octanol–water partition coefficient (Wildman–Crippen LogP) is 2.52. The first kappa shape index (κ1) is 20.1. The number of nitrogens with zero attached hydrogens (tertiary/aromatic N) is 4. The molecule has 2 aliphatic heterocycles. The zero-order chi connectivity index (χ0) is 20.9. The standard InChI is InChI=1S/C20H23ClN4O3S/c1-12-17-10-25(11-18(17)23-13(2)19(12)21)20(26)14-4-5-24(9-14)15-6-16(8-22-7-15)29(3,27)28/h6-8,14H,4-5,9-11H2,1-3H3/t14-/m1/s1. The van der Waals surface area contributed by atoms with Crippen LogP contribution in [0.5, 0.6) is 0 Å². The van der Waals surface area contributed by atoms with Crippen LogP contribution in [0.25, 0.3) is 0 Å². The molecule has 29 heavy (non-hydrogen) atoms. The molecule has 0 aliphatic carbocycles. The number of anilines is 1. The molecule has 2 aromatic rings. The molecule has 154 valence electrons. The van der Waals surface area contributed by atoms with Gasteiger partial charge in [-0.05, 0) is 37.5 Å². The number of amides is 1. The zero-order valence-electron chi connectivity index (χ0n) is 16.6. The van der Waals surface area contributed by atoms with Crippen molar-refractivity contribution in [2.45, 2.75) is 38.3 Å². The molecule has 0 N–H and O–H groups in total. The minimum absolute atomic E-state index is 0.103. The van der Waals surface area contributed by atoms with Crippen LogP contribution in [0.15, 0.2) is 23.4 Å². The molecule has 0 aromatic carbocycles. The van der Waals surface area contributed by atoms with Crippen molar-refractivity contribution in [2.24, 2.45) is 5.92 Å². The van der Waals surface area contributed by atoms with Gasteiger partial charge in [-0.25, -0.2) is 8.42 Å². The lowest BCUT2D eigenvalue weighted by molar-refractivity contribution is -0.135. The maximum absolute atomic E-state index is 13.1. The summed E-state index contributed by atoms with van der Waals surface area (Å²) in [6.45, 7) is 6.14. The van der Waals surface area contributed by atoms with Crippen LogP contribution in [-0.4, -0.2) is 48.5 Å². The Bertz CT molecular complexity index is 1100. The highest BCUT2D eigenvalue weighted by molar-refractivity contribution is 7.90. The van der Waals surface area contributed by atoms with E-state index in [4.69, 9.17) is 11.6 Å². The van der Waals surface area contributed by atoms with Crippen molar-refractivity contribution in [1.82, 2.24) is 14.9 Å². The van der Waals surface area contributed by atoms with Crippen molar-refractivity contribution < 1.29 is 13.2 Å². The van der Waals surface area contributed by atoms with E-state index in [-0.39, 0.29) is 16.7 Å². The number of carbonyl (C=O) groups is 1. The summed E-state index contributed by atoms with van der Waals surface area (Å²) in [6, 6.07) is 1.62. The molecule has 2 aromatic heterocycles. The van der Waals surface area contributed by atoms with Gasteiger partial charge in [-0.1, -0.05) is 11.6 Å². The van der Waals surface area contributed by atoms with Crippen LogP contribution in [0.3, 0.4) is 0 Å². The average molecular weight is 435 g/mol. The van der Waals surface area contributed by atoms with Crippen molar-refractivity contribution in [3.8, 4) is 0 Å². The number of rotatable bonds is 3. The number of pyridine rings is 2. The third-order valence-electron chi connectivity index (χ3n) is 5.78. The highest BCUT2D eigenvalue weighted by Crippen LogP contribution is 2.33. The van der Waals surface area contributed by atoms with E-state index in [0.717, 1.165) is 34.6 Å². The Kier molecular flexibility index (Phi) is 5.02. The van der Waals surface area contributed by atoms with Gasteiger partial charge in [0.25, 0.3) is 0 Å². The highest BCUT2D eigenvalue weighted by Gasteiger charge is 2.35. The number of hydrogen-bond acceptors (Lipinski definition) is 6. The van der Waals surface area contributed by atoms with Crippen molar-refractivity contribution in [3.63, 3.8) is 0 Å². The molecule has 0 radical (unpaired) electrons. The lowest BCUT2D eigenvalue weighted by Crippen LogP contribution is -2.34. The number of aryl methyl sites for hydroxylation is 1. The summed E-state index contributed by atoms with van der Waals surface area (Å²) in [5.74, 6) is -0.0334. The summed E-state index contributed by atoms with van der Waals surface area (Å²) >= 11 is 6.33. The maximum Gasteiger partial charge on any atom is 0.228 e. The van der Waals surface area contributed by atoms with Gasteiger partial charge in [0.05, 0.1) is 45.7 Å². The van der Waals surface area contributed by atoms with Crippen LogP contribution >= 0.6 is 11.6 Å². The summed E-state index contributed by atoms with van der Waals surface area (Å²) in [7, 11) is -3.32. The van der Waals surface area contributed by atoms with Crippen molar-refractivity contribution >= 4 is 33.0 Å². The largest absolute Gasteiger partial charge is 0.369 e. The van der Waals surface area contributed by atoms with E-state index in [1.165, 1.54) is 12.5 Å². The molecular formula is C20H23ClN4O3S. The molecule has 2 aliphatic rings. The summed E-state index contributed by atoms with van der Waals surface area (Å²) in [4.78, 5) is 25.8. The number of halogens is 1. The third kappa shape index (κ3) is 3.71. The van der Waals surface area contributed by atoms with E-state index in [2.05, 4.69) is 9.97 Å². The highest BCUT2D eigenvalue weighted by atomic mass is 35.5. The Labute approximate surface area is 175 Å². The molecule has 1 amide bonds. The smallest absolute Gasteiger partial charge is 0.228 e. The molecule has 0 unspecified atom stereocenters. The monoisotopic (exact) mass is 434 g/mol. The molecule has 0 saturated carbocycles. The second-order valence-corrected chi connectivity index (χ2v) is 10.2. The molecule has 4 heterocycles. The minimum Gasteiger partial charge on any atom is -0.369 e. The number of hydrogen-bond donors (Lipinski definition) is 0. The quantitative estimate of drug-likeness (QED) is 0.738. The summed E-state index contributed by atoms with van der Waals surface area (Å²) < 4.78 is 23.6. The van der Waals surface area contributed by atoms with E-state index in [1.807, 2.05) is 23.6 Å². The lowest BCUT2D eigenvalue weighted by Gasteiger charge is -2.21. The number of carbonyl (C=O) groups excluding carboxylic acids is 1. The first-order valence-corrected chi connectivity index (χ1v) is 11.8. The van der Waals surface area contributed by atoms with Crippen molar-refractivity contribution in [1.29, 1.82) is 0 Å². The first-order chi connectivity index (χ1) is 13.6. The van der Waals surface area contributed by atoms with Crippen LogP contribution in [-0.2, 0) is 27.7 Å². The van der Waals surface area contributed by atoms with Gasteiger partial charge in [0.15, 0.2) is 9.84 Å². The molecule has 9 heteroatoms. The maximum atomic E-state index is 13.1. The third-order valence-corrected chi connectivity index (χ3v) is 7.42. The second kappa shape index (κ2) is 7.25. The molecule has 1 fully saturated rings. The van der Waals surface area contributed by atoms with Gasteiger partial charge in [-0.15, -0.1) is 0 Å². The summed E-state index contributed by atoms with van der Waals surface area (Å²) in [5, 5.41) is 0.670. The molecule has 1 saturated heterocycles. The average Bonchev–Trinajstić information content (AvgIpc) is 3.33. The lowest BCUT2D eigenvalue weighted by atomic mass is 10.1. The van der Waals surface area contributed by atoms with E-state index >= 15 is 0 Å². The Morgan fingerprint density at radius 2 is 2.00 bits per heavy atom.